The van der Waals surface area contributed by atoms with Crippen LogP contribution in [0.1, 0.15) is 20.8 Å². The van der Waals surface area contributed by atoms with Crippen LogP contribution in [-0.2, 0) is 0 Å². The van der Waals surface area contributed by atoms with Gasteiger partial charge in [0.25, 0.3) is 0 Å². The number of hydrogen-bond donors (Lipinski definition) is 1. The van der Waals surface area contributed by atoms with Gasteiger partial charge in [-0.25, -0.2) is 0 Å². The van der Waals surface area contributed by atoms with Crippen molar-refractivity contribution >= 4 is 0 Å². The van der Waals surface area contributed by atoms with Crippen LogP contribution in [0.5, 0.6) is 0 Å². The van der Waals surface area contributed by atoms with E-state index in [4.69, 9.17) is 0 Å². The Bertz CT molecular complexity index is 203. The first-order valence-corrected chi connectivity index (χ1v) is 5.19. The predicted molar refractivity (Wildman–Crippen MR) is 58.6 cm³/mol. The number of hydrogen-bond acceptors (Lipinski definition) is 1. The monoisotopic (exact) mass is 179 g/mol. The number of rotatable bonds is 3. The first-order chi connectivity index (χ1) is 6.16. The third-order valence-electron chi connectivity index (χ3n) is 2.93. The van der Waals surface area contributed by atoms with Crippen LogP contribution in [0.3, 0.4) is 0 Å². The molecule has 0 aromatic rings. The molecule has 1 aliphatic rings. The molecule has 0 spiro atoms. The molecular weight excluding hydrogens is 158 g/mol. The van der Waals surface area contributed by atoms with Crippen LogP contribution in [0.2, 0.25) is 0 Å². The highest BCUT2D eigenvalue weighted by atomic mass is 14.9. The first-order valence-electron chi connectivity index (χ1n) is 5.19. The van der Waals surface area contributed by atoms with E-state index < -0.39 is 0 Å². The van der Waals surface area contributed by atoms with E-state index in [0.29, 0.717) is 23.8 Å². The zero-order valence-corrected chi connectivity index (χ0v) is 9.12. The van der Waals surface area contributed by atoms with Crippen molar-refractivity contribution in [1.29, 1.82) is 0 Å². The van der Waals surface area contributed by atoms with E-state index in [1.54, 1.807) is 0 Å². The second kappa shape index (κ2) is 4.61. The van der Waals surface area contributed by atoms with Gasteiger partial charge in [-0.15, -0.1) is 0 Å². The molecule has 3 atom stereocenters. The summed E-state index contributed by atoms with van der Waals surface area (Å²) in [6.07, 6.45) is 8.93. The molecule has 0 heterocycles. The van der Waals surface area contributed by atoms with Gasteiger partial charge < -0.3 is 5.32 Å². The summed E-state index contributed by atoms with van der Waals surface area (Å²) in [5.41, 5.74) is 0. The second-order valence-corrected chi connectivity index (χ2v) is 4.26. The Balaban J connectivity index is 2.68. The molecular formula is C12H21N. The lowest BCUT2D eigenvalue weighted by Crippen LogP contribution is -2.40. The third-order valence-corrected chi connectivity index (χ3v) is 2.93. The van der Waals surface area contributed by atoms with Gasteiger partial charge in [0.1, 0.15) is 0 Å². The topological polar surface area (TPSA) is 12.0 Å². The standard InChI is InChI=1S/C12H21N/c1-9(2)12(13-4)11-8-6-5-7-10(11)3/h5-13H,1-4H3. The molecule has 0 fully saturated rings. The molecule has 0 aromatic heterocycles. The van der Waals surface area contributed by atoms with Gasteiger partial charge in [0.2, 0.25) is 0 Å². The third kappa shape index (κ3) is 2.44. The Labute approximate surface area is 81.9 Å². The van der Waals surface area contributed by atoms with Crippen LogP contribution in [0.4, 0.5) is 0 Å². The molecule has 0 saturated carbocycles. The highest BCUT2D eigenvalue weighted by Crippen LogP contribution is 2.25. The fraction of sp³-hybridized carbons (Fsp3) is 0.667. The maximum absolute atomic E-state index is 3.42. The average Bonchev–Trinajstić information content (AvgIpc) is 2.09. The van der Waals surface area contributed by atoms with Crippen molar-refractivity contribution in [2.45, 2.75) is 26.8 Å². The fourth-order valence-corrected chi connectivity index (χ4v) is 2.15. The summed E-state index contributed by atoms with van der Waals surface area (Å²) in [6.45, 7) is 6.84. The van der Waals surface area contributed by atoms with Gasteiger partial charge in [-0.05, 0) is 24.8 Å². The molecule has 0 aliphatic heterocycles. The Morgan fingerprint density at radius 1 is 1.15 bits per heavy atom. The Morgan fingerprint density at radius 3 is 2.23 bits per heavy atom. The number of allylic oxidation sites excluding steroid dienone is 3. The minimum atomic E-state index is 0.594. The smallest absolute Gasteiger partial charge is 0.0155 e. The van der Waals surface area contributed by atoms with Gasteiger partial charge in [0.15, 0.2) is 0 Å². The SMILES string of the molecule is CNC(C(C)C)C1C=CC=CC1C. The van der Waals surface area contributed by atoms with Crippen LogP contribution >= 0.6 is 0 Å². The molecule has 1 rings (SSSR count). The summed E-state index contributed by atoms with van der Waals surface area (Å²) in [4.78, 5) is 0. The molecule has 1 N–H and O–H groups in total. The molecule has 74 valence electrons. The van der Waals surface area contributed by atoms with Crippen LogP contribution in [0, 0.1) is 17.8 Å². The lowest BCUT2D eigenvalue weighted by atomic mass is 9.80. The van der Waals surface area contributed by atoms with Crippen molar-refractivity contribution < 1.29 is 0 Å². The van der Waals surface area contributed by atoms with Crippen LogP contribution in [-0.4, -0.2) is 13.1 Å². The predicted octanol–water partition coefficient (Wildman–Crippen LogP) is 2.61. The summed E-state index contributed by atoms with van der Waals surface area (Å²) >= 11 is 0. The van der Waals surface area contributed by atoms with Crippen molar-refractivity contribution in [3.8, 4) is 0 Å². The summed E-state index contributed by atoms with van der Waals surface area (Å²) in [7, 11) is 2.06. The maximum atomic E-state index is 3.42. The van der Waals surface area contributed by atoms with Gasteiger partial charge in [-0.2, -0.15) is 0 Å². The lowest BCUT2D eigenvalue weighted by molar-refractivity contribution is 0.297. The van der Waals surface area contributed by atoms with E-state index in [-0.39, 0.29) is 0 Å². The summed E-state index contributed by atoms with van der Waals surface area (Å²) in [5.74, 6) is 1.99. The number of nitrogens with one attached hydrogen (secondary N) is 1. The molecule has 0 bridgehead atoms. The largest absolute Gasteiger partial charge is 0.316 e. The summed E-state index contributed by atoms with van der Waals surface area (Å²) < 4.78 is 0. The Morgan fingerprint density at radius 2 is 1.77 bits per heavy atom. The van der Waals surface area contributed by atoms with Gasteiger partial charge in [-0.1, -0.05) is 45.1 Å². The molecule has 0 amide bonds. The van der Waals surface area contributed by atoms with Crippen molar-refractivity contribution in [3.63, 3.8) is 0 Å². The first kappa shape index (κ1) is 10.5. The van der Waals surface area contributed by atoms with E-state index >= 15 is 0 Å². The van der Waals surface area contributed by atoms with E-state index in [1.165, 1.54) is 0 Å². The second-order valence-electron chi connectivity index (χ2n) is 4.26. The quantitative estimate of drug-likeness (QED) is 0.702. The van der Waals surface area contributed by atoms with Crippen LogP contribution in [0.15, 0.2) is 24.3 Å². The zero-order valence-electron chi connectivity index (χ0n) is 9.12. The minimum Gasteiger partial charge on any atom is -0.316 e. The van der Waals surface area contributed by atoms with Gasteiger partial charge in [0.05, 0.1) is 0 Å². The van der Waals surface area contributed by atoms with Gasteiger partial charge >= 0.3 is 0 Å². The Hall–Kier alpha value is -0.560. The van der Waals surface area contributed by atoms with Crippen LogP contribution in [0.25, 0.3) is 0 Å². The molecule has 3 unspecified atom stereocenters. The maximum Gasteiger partial charge on any atom is 0.0155 e. The summed E-state index contributed by atoms with van der Waals surface area (Å²) in [5, 5.41) is 3.42. The van der Waals surface area contributed by atoms with E-state index in [2.05, 4.69) is 57.4 Å². The molecule has 0 radical (unpaired) electrons. The van der Waals surface area contributed by atoms with E-state index in [0.717, 1.165) is 0 Å². The van der Waals surface area contributed by atoms with Gasteiger partial charge in [-0.3, -0.25) is 0 Å². The van der Waals surface area contributed by atoms with E-state index in [9.17, 15) is 0 Å². The molecule has 1 heteroatoms. The lowest BCUT2D eigenvalue weighted by Gasteiger charge is -2.32. The molecule has 13 heavy (non-hydrogen) atoms. The van der Waals surface area contributed by atoms with Crippen molar-refractivity contribution in [3.05, 3.63) is 24.3 Å². The molecule has 1 nitrogen and oxygen atoms in total. The fourth-order valence-electron chi connectivity index (χ4n) is 2.15. The van der Waals surface area contributed by atoms with Gasteiger partial charge in [0, 0.05) is 6.04 Å². The Kier molecular flexibility index (Phi) is 3.73. The van der Waals surface area contributed by atoms with Crippen molar-refractivity contribution in [2.24, 2.45) is 17.8 Å². The van der Waals surface area contributed by atoms with Crippen LogP contribution < -0.4 is 5.32 Å². The highest BCUT2D eigenvalue weighted by Gasteiger charge is 2.25. The normalized spacial score (nSPS) is 29.6. The van der Waals surface area contributed by atoms with E-state index in [1.807, 2.05) is 0 Å². The minimum absolute atomic E-state index is 0.594. The van der Waals surface area contributed by atoms with Crippen molar-refractivity contribution in [1.82, 2.24) is 5.32 Å². The molecule has 1 aliphatic carbocycles. The van der Waals surface area contributed by atoms with Crippen molar-refractivity contribution in [2.75, 3.05) is 7.05 Å². The average molecular weight is 179 g/mol. The zero-order chi connectivity index (χ0) is 9.84. The molecule has 0 aromatic carbocycles. The highest BCUT2D eigenvalue weighted by molar-refractivity contribution is 5.15. The molecule has 0 saturated heterocycles. The summed E-state index contributed by atoms with van der Waals surface area (Å²) in [6, 6.07) is 0.594.